The number of aryl methyl sites for hydroxylation is 1. The predicted octanol–water partition coefficient (Wildman–Crippen LogP) is 3.04. The first kappa shape index (κ1) is 27.4. The molecule has 0 saturated carbocycles. The lowest BCUT2D eigenvalue weighted by Gasteiger charge is -2.34. The summed E-state index contributed by atoms with van der Waals surface area (Å²) >= 11 is 0. The average Bonchev–Trinajstić information content (AvgIpc) is 3.55. The molecule has 1 N–H and O–H groups in total. The maximum Gasteiger partial charge on any atom is 0.278 e. The number of fused-ring (bicyclic) bond motifs is 6. The summed E-state index contributed by atoms with van der Waals surface area (Å²) in [4.78, 5) is 47.2. The van der Waals surface area contributed by atoms with Gasteiger partial charge in [-0.2, -0.15) is 4.98 Å². The topological polar surface area (TPSA) is 119 Å². The van der Waals surface area contributed by atoms with Gasteiger partial charge in [-0.1, -0.05) is 12.2 Å². The Kier molecular flexibility index (Phi) is 6.55. The molecule has 0 spiro atoms. The van der Waals surface area contributed by atoms with Crippen LogP contribution in [0.2, 0.25) is 0 Å². The summed E-state index contributed by atoms with van der Waals surface area (Å²) < 4.78 is 11.1. The van der Waals surface area contributed by atoms with E-state index >= 15 is 0 Å². The number of nitrogens with zero attached hydrogens (tertiary/aromatic N) is 9. The monoisotopic (exact) mass is 606 g/mol. The average molecular weight is 607 g/mol. The molecule has 1 fully saturated rings. The Hall–Kier alpha value is -5.17. The van der Waals surface area contributed by atoms with Gasteiger partial charge in [0.15, 0.2) is 29.6 Å². The minimum Gasteiger partial charge on any atom is -0.480 e. The first-order chi connectivity index (χ1) is 21.9. The number of nitrogens with one attached hydrogen (secondary N) is 1. The molecule has 1 saturated heterocycles. The molecule has 0 aliphatic carbocycles. The van der Waals surface area contributed by atoms with Gasteiger partial charge in [0, 0.05) is 68.9 Å². The molecule has 13 heteroatoms. The Balaban J connectivity index is 1.24. The lowest BCUT2D eigenvalue weighted by Crippen LogP contribution is -2.44. The molecule has 230 valence electrons. The van der Waals surface area contributed by atoms with Crippen LogP contribution in [0.5, 0.6) is 5.75 Å². The number of carbonyl (C=O) groups is 1. The van der Waals surface area contributed by atoms with Gasteiger partial charge in [0.25, 0.3) is 11.5 Å². The van der Waals surface area contributed by atoms with Crippen LogP contribution in [-0.4, -0.2) is 86.1 Å². The zero-order valence-corrected chi connectivity index (χ0v) is 25.3. The second kappa shape index (κ2) is 10.8. The highest BCUT2D eigenvalue weighted by Crippen LogP contribution is 2.34. The van der Waals surface area contributed by atoms with Crippen LogP contribution in [0.4, 0.5) is 23.1 Å². The van der Waals surface area contributed by atoms with Crippen LogP contribution < -0.4 is 25.4 Å². The van der Waals surface area contributed by atoms with Crippen molar-refractivity contribution in [2.45, 2.75) is 19.4 Å². The molecule has 1 aromatic carbocycles. The lowest BCUT2D eigenvalue weighted by molar-refractivity contribution is -0.121. The van der Waals surface area contributed by atoms with Crippen molar-refractivity contribution in [3.8, 4) is 11.6 Å². The number of piperazine rings is 1. The minimum absolute atomic E-state index is 0.0195. The van der Waals surface area contributed by atoms with Crippen LogP contribution in [0.15, 0.2) is 59.7 Å². The normalized spacial score (nSPS) is 18.0. The van der Waals surface area contributed by atoms with Gasteiger partial charge in [0.1, 0.15) is 5.39 Å². The number of amides is 1. The van der Waals surface area contributed by atoms with Crippen LogP contribution in [0, 0.1) is 0 Å². The van der Waals surface area contributed by atoms with Gasteiger partial charge in [-0.3, -0.25) is 14.5 Å². The van der Waals surface area contributed by atoms with Crippen molar-refractivity contribution in [2.24, 2.45) is 7.05 Å². The number of rotatable bonds is 3. The van der Waals surface area contributed by atoms with E-state index in [2.05, 4.69) is 56.1 Å². The lowest BCUT2D eigenvalue weighted by atomic mass is 10.1. The van der Waals surface area contributed by atoms with Gasteiger partial charge in [-0.05, 0) is 50.2 Å². The van der Waals surface area contributed by atoms with E-state index < -0.39 is 0 Å². The fourth-order valence-corrected chi connectivity index (χ4v) is 6.42. The molecule has 8 rings (SSSR count). The molecule has 0 radical (unpaired) electrons. The number of allylic oxidation sites excluding steroid dienone is 2. The van der Waals surface area contributed by atoms with Gasteiger partial charge in [0.2, 0.25) is 5.95 Å². The van der Waals surface area contributed by atoms with Gasteiger partial charge in [0.05, 0.1) is 12.1 Å². The molecule has 1 amide bonds. The fourth-order valence-electron chi connectivity index (χ4n) is 6.42. The summed E-state index contributed by atoms with van der Waals surface area (Å²) in [5.41, 5.74) is 3.33. The Morgan fingerprint density at radius 3 is 2.67 bits per heavy atom. The van der Waals surface area contributed by atoms with Crippen molar-refractivity contribution in [2.75, 3.05) is 61.5 Å². The summed E-state index contributed by atoms with van der Waals surface area (Å²) in [6.45, 7) is 4.76. The van der Waals surface area contributed by atoms with Crippen molar-refractivity contribution in [3.63, 3.8) is 0 Å². The Labute approximate surface area is 258 Å². The van der Waals surface area contributed by atoms with Gasteiger partial charge >= 0.3 is 0 Å². The molecule has 7 heterocycles. The Bertz CT molecular complexity index is 2050. The van der Waals surface area contributed by atoms with E-state index in [9.17, 15) is 9.59 Å². The quantitative estimate of drug-likeness (QED) is 0.309. The maximum atomic E-state index is 13.7. The second-order valence-corrected chi connectivity index (χ2v) is 11.8. The molecule has 3 aliphatic rings. The Morgan fingerprint density at radius 1 is 0.933 bits per heavy atom. The number of ether oxygens (including phenoxy) is 1. The highest BCUT2D eigenvalue weighted by Gasteiger charge is 2.28. The summed E-state index contributed by atoms with van der Waals surface area (Å²) in [6, 6.07) is 10.0. The van der Waals surface area contributed by atoms with Crippen molar-refractivity contribution in [1.82, 2.24) is 33.8 Å². The molecule has 5 aromatic rings. The molecule has 13 nitrogen and oxygen atoms in total. The van der Waals surface area contributed by atoms with Crippen molar-refractivity contribution < 1.29 is 9.53 Å². The maximum absolute atomic E-state index is 13.7. The summed E-state index contributed by atoms with van der Waals surface area (Å²) in [5.74, 6) is 1.68. The number of hydrogen-bond donors (Lipinski definition) is 1. The van der Waals surface area contributed by atoms with Crippen molar-refractivity contribution in [3.05, 3.63) is 65.2 Å². The molecule has 2 bridgehead atoms. The zero-order valence-electron chi connectivity index (χ0n) is 25.3. The number of benzene rings is 1. The van der Waals surface area contributed by atoms with Crippen LogP contribution in [0.1, 0.15) is 12.8 Å². The molecular weight excluding hydrogens is 572 g/mol. The SMILES string of the molecule is CN1CCN(c2cc(Nc3ncc4c(=O)n5n(c4n3)-c3ccc4c(n3)N(CCC/C=C\C5)C(=O)CO4)cc3c2ccn3C)CC1. The van der Waals surface area contributed by atoms with Crippen LogP contribution >= 0.6 is 0 Å². The van der Waals surface area contributed by atoms with E-state index in [1.54, 1.807) is 32.6 Å². The number of carbonyl (C=O) groups excluding carboxylic acids is 1. The van der Waals surface area contributed by atoms with E-state index in [1.807, 2.05) is 19.2 Å². The molecular formula is C32H34N10O3. The molecule has 0 atom stereocenters. The predicted molar refractivity (Wildman–Crippen MR) is 173 cm³/mol. The first-order valence-corrected chi connectivity index (χ1v) is 15.3. The summed E-state index contributed by atoms with van der Waals surface area (Å²) in [6.07, 6.45) is 9.20. The third kappa shape index (κ3) is 4.70. The second-order valence-electron chi connectivity index (χ2n) is 11.8. The third-order valence-corrected chi connectivity index (χ3v) is 8.90. The summed E-state index contributed by atoms with van der Waals surface area (Å²) in [7, 11) is 4.20. The molecule has 3 aliphatic heterocycles. The smallest absolute Gasteiger partial charge is 0.278 e. The van der Waals surface area contributed by atoms with Crippen LogP contribution in [0.25, 0.3) is 27.8 Å². The van der Waals surface area contributed by atoms with E-state index in [4.69, 9.17) is 14.7 Å². The van der Waals surface area contributed by atoms with Gasteiger partial charge in [-0.15, -0.1) is 0 Å². The van der Waals surface area contributed by atoms with Crippen molar-refractivity contribution in [1.29, 1.82) is 0 Å². The third-order valence-electron chi connectivity index (χ3n) is 8.90. The number of anilines is 4. The molecule has 4 aromatic heterocycles. The highest BCUT2D eigenvalue weighted by atomic mass is 16.5. The standard InChI is InChI=1S/C32H34N10O3/c1-37-13-15-39(16-14-37)25-18-21(17-24-22(25)9-12-38(24)2)34-32-33-19-23-29(36-32)42-27-8-7-26-30(35-27)40(28(43)20-45-26)10-5-3-4-6-11-41(42)31(23)44/h4,6-9,12,17-19H,3,5,10-11,13-16,20H2,1-2H3,(H,33,34,36)/b6-4-. The van der Waals surface area contributed by atoms with Crippen LogP contribution in [-0.2, 0) is 18.4 Å². The highest BCUT2D eigenvalue weighted by molar-refractivity contribution is 5.97. The minimum atomic E-state index is -0.218. The molecule has 0 unspecified atom stereocenters. The largest absolute Gasteiger partial charge is 0.480 e. The zero-order chi connectivity index (χ0) is 30.7. The van der Waals surface area contributed by atoms with Gasteiger partial charge < -0.3 is 24.4 Å². The fraction of sp³-hybridized carbons (Fsp3) is 0.344. The van der Waals surface area contributed by atoms with Crippen molar-refractivity contribution >= 4 is 51.0 Å². The van der Waals surface area contributed by atoms with E-state index in [0.717, 1.165) is 50.2 Å². The van der Waals surface area contributed by atoms with E-state index in [-0.39, 0.29) is 18.1 Å². The number of hydrogen-bond acceptors (Lipinski definition) is 9. The number of likely N-dealkylation sites (N-methyl/N-ethyl adjacent to an activating group) is 1. The number of aromatic nitrogens is 6. The molecule has 45 heavy (non-hydrogen) atoms. The van der Waals surface area contributed by atoms with Gasteiger partial charge in [-0.25, -0.2) is 19.3 Å². The first-order valence-electron chi connectivity index (χ1n) is 15.3. The van der Waals surface area contributed by atoms with E-state index in [0.29, 0.717) is 47.5 Å². The Morgan fingerprint density at radius 2 is 1.80 bits per heavy atom. The summed E-state index contributed by atoms with van der Waals surface area (Å²) in [5, 5.41) is 5.00. The van der Waals surface area contributed by atoms with E-state index in [1.165, 1.54) is 11.1 Å². The number of pyridine rings is 1. The van der Waals surface area contributed by atoms with Crippen LogP contribution in [0.3, 0.4) is 0 Å².